The third-order valence-corrected chi connectivity index (χ3v) is 2.43. The van der Waals surface area contributed by atoms with Crippen LogP contribution in [0.1, 0.15) is 26.6 Å². The van der Waals surface area contributed by atoms with Crippen molar-refractivity contribution in [3.05, 3.63) is 10.6 Å². The first-order valence-electron chi connectivity index (χ1n) is 4.23. The van der Waals surface area contributed by atoms with Crippen molar-refractivity contribution in [1.29, 1.82) is 0 Å². The molecule has 0 spiro atoms. The van der Waals surface area contributed by atoms with Crippen molar-refractivity contribution in [3.63, 3.8) is 0 Å². The highest BCUT2D eigenvalue weighted by Crippen LogP contribution is 2.21. The Balaban J connectivity index is 3.22. The second-order valence-electron chi connectivity index (χ2n) is 3.31. The zero-order valence-corrected chi connectivity index (χ0v) is 9.23. The van der Waals surface area contributed by atoms with E-state index >= 15 is 0 Å². The van der Waals surface area contributed by atoms with Crippen LogP contribution in [0.25, 0.3) is 0 Å². The average molecular weight is 201 g/mol. The van der Waals surface area contributed by atoms with Crippen LogP contribution in [-0.4, -0.2) is 21.9 Å². The molecule has 13 heavy (non-hydrogen) atoms. The Morgan fingerprint density at radius 1 is 1.62 bits per heavy atom. The molecule has 5 heteroatoms. The molecule has 0 amide bonds. The smallest absolute Gasteiger partial charge is 0.195 e. The molecule has 0 fully saturated rings. The van der Waals surface area contributed by atoms with Crippen LogP contribution in [0.3, 0.4) is 0 Å². The van der Waals surface area contributed by atoms with Crippen LogP contribution in [0.4, 0.5) is 0 Å². The zero-order valence-electron chi connectivity index (χ0n) is 8.42. The number of rotatable bonds is 3. The van der Waals surface area contributed by atoms with Crippen LogP contribution in [0.2, 0.25) is 0 Å². The molecule has 0 saturated heterocycles. The van der Waals surface area contributed by atoms with Crippen molar-refractivity contribution < 1.29 is 4.74 Å². The van der Waals surface area contributed by atoms with Crippen LogP contribution in [0.15, 0.2) is 0 Å². The summed E-state index contributed by atoms with van der Waals surface area (Å²) < 4.78 is 7.90. The van der Waals surface area contributed by atoms with Gasteiger partial charge in [-0.3, -0.25) is 5.10 Å². The lowest BCUT2D eigenvalue weighted by atomic mass is 10.1. The van der Waals surface area contributed by atoms with E-state index in [0.29, 0.717) is 4.77 Å². The molecule has 1 N–H and O–H groups in total. The molecular formula is C8H15N3OS. The number of nitrogens with one attached hydrogen (secondary N) is 1. The van der Waals surface area contributed by atoms with Gasteiger partial charge in [0.15, 0.2) is 10.6 Å². The second kappa shape index (κ2) is 3.59. The molecule has 0 atom stereocenters. The summed E-state index contributed by atoms with van der Waals surface area (Å²) in [6.45, 7) is 6.76. The van der Waals surface area contributed by atoms with E-state index < -0.39 is 5.60 Å². The number of methoxy groups -OCH3 is 1. The van der Waals surface area contributed by atoms with E-state index in [2.05, 4.69) is 10.2 Å². The largest absolute Gasteiger partial charge is 0.371 e. The molecule has 0 aromatic carbocycles. The number of H-pyrrole nitrogens is 1. The number of ether oxygens (including phenoxy) is 1. The first-order chi connectivity index (χ1) is 6.03. The molecule has 1 rings (SSSR count). The summed E-state index contributed by atoms with van der Waals surface area (Å²) in [5.41, 5.74) is -0.399. The summed E-state index contributed by atoms with van der Waals surface area (Å²) in [5.74, 6) is 0.836. The van der Waals surface area contributed by atoms with Gasteiger partial charge in [-0.1, -0.05) is 0 Å². The molecule has 0 aliphatic rings. The minimum absolute atomic E-state index is 0.399. The van der Waals surface area contributed by atoms with Gasteiger partial charge < -0.3 is 9.30 Å². The Hall–Kier alpha value is -0.680. The molecule has 0 aliphatic heterocycles. The summed E-state index contributed by atoms with van der Waals surface area (Å²) in [6, 6.07) is 0. The summed E-state index contributed by atoms with van der Waals surface area (Å²) in [5, 5.41) is 6.91. The molecule has 4 nitrogen and oxygen atoms in total. The lowest BCUT2D eigenvalue weighted by molar-refractivity contribution is 0.00828. The summed E-state index contributed by atoms with van der Waals surface area (Å²) in [7, 11) is 1.66. The number of hydrogen-bond acceptors (Lipinski definition) is 3. The van der Waals surface area contributed by atoms with Crippen LogP contribution in [-0.2, 0) is 16.9 Å². The van der Waals surface area contributed by atoms with Crippen molar-refractivity contribution in [2.24, 2.45) is 0 Å². The molecule has 0 unspecified atom stereocenters. The van der Waals surface area contributed by atoms with Crippen LogP contribution in [0, 0.1) is 4.77 Å². The minimum Gasteiger partial charge on any atom is -0.371 e. The fraction of sp³-hybridized carbons (Fsp3) is 0.750. The van der Waals surface area contributed by atoms with E-state index in [-0.39, 0.29) is 0 Å². The van der Waals surface area contributed by atoms with E-state index in [1.165, 1.54) is 0 Å². The van der Waals surface area contributed by atoms with Crippen molar-refractivity contribution in [1.82, 2.24) is 14.8 Å². The first-order valence-corrected chi connectivity index (χ1v) is 4.64. The molecule has 0 radical (unpaired) electrons. The Morgan fingerprint density at radius 2 is 2.23 bits per heavy atom. The molecule has 0 aliphatic carbocycles. The maximum Gasteiger partial charge on any atom is 0.195 e. The van der Waals surface area contributed by atoms with Crippen molar-refractivity contribution >= 4 is 12.2 Å². The first kappa shape index (κ1) is 10.4. The van der Waals surface area contributed by atoms with Gasteiger partial charge >= 0.3 is 0 Å². The summed E-state index contributed by atoms with van der Waals surface area (Å²) in [4.78, 5) is 0. The maximum atomic E-state index is 5.33. The van der Waals surface area contributed by atoms with Gasteiger partial charge in [-0.2, -0.15) is 5.10 Å². The third-order valence-electron chi connectivity index (χ3n) is 2.12. The van der Waals surface area contributed by atoms with Crippen LogP contribution < -0.4 is 0 Å². The highest BCUT2D eigenvalue weighted by molar-refractivity contribution is 7.71. The zero-order chi connectivity index (χ0) is 10.1. The molecule has 74 valence electrons. The van der Waals surface area contributed by atoms with E-state index in [1.807, 2.05) is 25.3 Å². The maximum absolute atomic E-state index is 5.33. The van der Waals surface area contributed by atoms with Crippen molar-refractivity contribution in [2.45, 2.75) is 32.9 Å². The predicted molar refractivity (Wildman–Crippen MR) is 53.1 cm³/mol. The molecule has 0 bridgehead atoms. The average Bonchev–Trinajstić information content (AvgIpc) is 2.47. The van der Waals surface area contributed by atoms with Gasteiger partial charge in [-0.05, 0) is 33.0 Å². The van der Waals surface area contributed by atoms with Crippen molar-refractivity contribution in [3.8, 4) is 0 Å². The Bertz CT molecular complexity index is 339. The molecular weight excluding hydrogens is 186 g/mol. The van der Waals surface area contributed by atoms with Gasteiger partial charge in [0.2, 0.25) is 0 Å². The normalized spacial score (nSPS) is 12.0. The Morgan fingerprint density at radius 3 is 2.69 bits per heavy atom. The fourth-order valence-corrected chi connectivity index (χ4v) is 1.42. The number of aromatic nitrogens is 3. The minimum atomic E-state index is -0.399. The molecule has 1 heterocycles. The highest BCUT2D eigenvalue weighted by atomic mass is 32.1. The van der Waals surface area contributed by atoms with Gasteiger partial charge in [0.1, 0.15) is 5.60 Å². The van der Waals surface area contributed by atoms with Gasteiger partial charge in [0.05, 0.1) is 0 Å². The Kier molecular flexibility index (Phi) is 2.87. The lowest BCUT2D eigenvalue weighted by Crippen LogP contribution is -2.24. The van der Waals surface area contributed by atoms with Crippen LogP contribution in [0.5, 0.6) is 0 Å². The standard InChI is InChI=1S/C8H15N3OS/c1-5-11-6(8(2,3)12-4)9-10-7(11)13/h5H2,1-4H3,(H,10,13). The van der Waals surface area contributed by atoms with Crippen LogP contribution >= 0.6 is 12.2 Å². The Labute approximate surface area is 82.9 Å². The SMILES string of the molecule is CCn1c(C(C)(C)OC)n[nH]c1=S. The van der Waals surface area contributed by atoms with Gasteiger partial charge in [0.25, 0.3) is 0 Å². The predicted octanol–water partition coefficient (Wildman–Crippen LogP) is 1.84. The number of hydrogen-bond donors (Lipinski definition) is 1. The summed E-state index contributed by atoms with van der Waals surface area (Å²) >= 11 is 5.08. The number of nitrogens with zero attached hydrogens (tertiary/aromatic N) is 2. The van der Waals surface area contributed by atoms with E-state index in [9.17, 15) is 0 Å². The summed E-state index contributed by atoms with van der Waals surface area (Å²) in [6.07, 6.45) is 0. The topological polar surface area (TPSA) is 42.8 Å². The van der Waals surface area contributed by atoms with Gasteiger partial charge in [0, 0.05) is 13.7 Å². The van der Waals surface area contributed by atoms with E-state index in [1.54, 1.807) is 7.11 Å². The molecule has 1 aromatic heterocycles. The fourth-order valence-electron chi connectivity index (χ4n) is 1.16. The molecule has 0 saturated carbocycles. The van der Waals surface area contributed by atoms with E-state index in [0.717, 1.165) is 12.4 Å². The van der Waals surface area contributed by atoms with Gasteiger partial charge in [-0.25, -0.2) is 0 Å². The number of aromatic amines is 1. The quantitative estimate of drug-likeness (QED) is 0.759. The van der Waals surface area contributed by atoms with Gasteiger partial charge in [-0.15, -0.1) is 0 Å². The van der Waals surface area contributed by atoms with E-state index in [4.69, 9.17) is 17.0 Å². The second-order valence-corrected chi connectivity index (χ2v) is 3.70. The monoisotopic (exact) mass is 201 g/mol. The lowest BCUT2D eigenvalue weighted by Gasteiger charge is -2.21. The molecule has 1 aromatic rings. The van der Waals surface area contributed by atoms with Crippen molar-refractivity contribution in [2.75, 3.05) is 7.11 Å². The highest BCUT2D eigenvalue weighted by Gasteiger charge is 2.25. The third kappa shape index (κ3) is 1.81.